The highest BCUT2D eigenvalue weighted by molar-refractivity contribution is 7.55. The van der Waals surface area contributed by atoms with E-state index in [-0.39, 0.29) is 46.7 Å². The van der Waals surface area contributed by atoms with Crippen molar-refractivity contribution in [2.45, 2.75) is 41.8 Å². The maximum Gasteiger partial charge on any atom is 0.386 e. The lowest BCUT2D eigenvalue weighted by molar-refractivity contribution is 0.236. The Balaban J connectivity index is 1.11. The molecule has 0 saturated heterocycles. The molecule has 7 aliphatic carbocycles. The lowest BCUT2D eigenvalue weighted by Gasteiger charge is -2.51. The first-order valence-electron chi connectivity index (χ1n) is 20.6. The Bertz CT molecular complexity index is 2820. The number of aryl methyl sites for hydroxylation is 1. The number of aromatic nitrogens is 1. The third-order valence-electron chi connectivity index (χ3n) is 14.9. The van der Waals surface area contributed by atoms with E-state index < -0.39 is 7.80 Å². The van der Waals surface area contributed by atoms with Crippen LogP contribution in [0.5, 0.6) is 0 Å². The largest absolute Gasteiger partial charge is 0.386 e. The van der Waals surface area contributed by atoms with Gasteiger partial charge in [-0.2, -0.15) is 0 Å². The number of benzene rings is 3. The summed E-state index contributed by atoms with van der Waals surface area (Å²) in [5, 5.41) is 2.55. The Hall–Kier alpha value is -5.56. The molecule has 0 radical (unpaired) electrons. The summed E-state index contributed by atoms with van der Waals surface area (Å²) in [6, 6.07) is 23.0. The van der Waals surface area contributed by atoms with Gasteiger partial charge in [0.05, 0.1) is 17.5 Å². The first-order valence-corrected chi connectivity index (χ1v) is 22.0. The third kappa shape index (κ3) is 3.84. The Labute approximate surface area is 329 Å². The van der Waals surface area contributed by atoms with E-state index in [0.29, 0.717) is 5.92 Å². The zero-order valence-electron chi connectivity index (χ0n) is 31.1. The lowest BCUT2D eigenvalue weighted by atomic mass is 9.55. The topological polar surface area (TPSA) is 22.0 Å². The first kappa shape index (κ1) is 31.6. The molecule has 0 fully saturated rings. The summed E-state index contributed by atoms with van der Waals surface area (Å²) >= 11 is 0. The van der Waals surface area contributed by atoms with E-state index in [1.807, 2.05) is 0 Å². The number of nitrogens with zero attached hydrogens (tertiary/aromatic N) is 1. The molecule has 0 saturated carbocycles. The second-order valence-corrected chi connectivity index (χ2v) is 18.7. The lowest BCUT2D eigenvalue weighted by Crippen LogP contribution is -2.48. The molecule has 3 heteroatoms. The molecule has 3 heterocycles. The van der Waals surface area contributed by atoms with Crippen LogP contribution in [0.3, 0.4) is 0 Å². The molecule has 268 valence electrons. The number of rotatable bonds is 2. The number of fused-ring (bicyclic) bond motifs is 17. The van der Waals surface area contributed by atoms with E-state index in [1.54, 1.807) is 0 Å². The van der Waals surface area contributed by atoms with Crippen LogP contribution in [-0.4, -0.2) is 10.2 Å². The summed E-state index contributed by atoms with van der Waals surface area (Å²) in [6.07, 6.45) is 46.9. The van der Waals surface area contributed by atoms with Gasteiger partial charge in [0.2, 0.25) is 0 Å². The predicted molar refractivity (Wildman–Crippen MR) is 231 cm³/mol. The van der Waals surface area contributed by atoms with Crippen LogP contribution in [0.15, 0.2) is 181 Å². The summed E-state index contributed by atoms with van der Waals surface area (Å²) in [5.74, 6) is 1.10. The molecule has 1 aromatic heterocycles. The van der Waals surface area contributed by atoms with Crippen molar-refractivity contribution >= 4 is 35.7 Å². The van der Waals surface area contributed by atoms with Gasteiger partial charge in [0.1, 0.15) is 0 Å². The van der Waals surface area contributed by atoms with Gasteiger partial charge in [-0.1, -0.05) is 175 Å². The number of allylic oxidation sites excluding steroid dienone is 21. The minimum Gasteiger partial charge on any atom is -0.333 e. The smallest absolute Gasteiger partial charge is 0.333 e. The number of hydrogen-bond acceptors (Lipinski definition) is 1. The molecule has 2 aliphatic heterocycles. The average molecular weight is 739 g/mol. The zero-order valence-corrected chi connectivity index (χ0v) is 32.0. The molecule has 9 aliphatic rings. The van der Waals surface area contributed by atoms with Gasteiger partial charge in [0, 0.05) is 62.8 Å². The fourth-order valence-corrected chi connectivity index (χ4v) is 15.2. The van der Waals surface area contributed by atoms with Gasteiger partial charge in [0.25, 0.3) is 0 Å². The Morgan fingerprint density at radius 1 is 0.661 bits per heavy atom. The molecular weight excluding hydrogens is 698 g/mol. The quantitative estimate of drug-likeness (QED) is 0.188. The van der Waals surface area contributed by atoms with Crippen LogP contribution in [0, 0.1) is 23.7 Å². The van der Waals surface area contributed by atoms with Gasteiger partial charge in [-0.05, 0) is 52.3 Å². The summed E-state index contributed by atoms with van der Waals surface area (Å²) in [5.41, 5.74) is 14.5. The summed E-state index contributed by atoms with van der Waals surface area (Å²) in [6.45, 7) is 0. The Morgan fingerprint density at radius 3 is 2.38 bits per heavy atom. The fourth-order valence-electron chi connectivity index (χ4n) is 12.9. The van der Waals surface area contributed by atoms with Crippen molar-refractivity contribution in [3.8, 4) is 0 Å². The Kier molecular flexibility index (Phi) is 6.49. The van der Waals surface area contributed by atoms with Crippen LogP contribution in [0.4, 0.5) is 0 Å². The molecule has 1 spiro atoms. The van der Waals surface area contributed by atoms with Crippen LogP contribution in [0.25, 0.3) is 22.6 Å². The van der Waals surface area contributed by atoms with E-state index in [9.17, 15) is 0 Å². The Morgan fingerprint density at radius 2 is 1.43 bits per heavy atom. The molecule has 0 amide bonds. The van der Waals surface area contributed by atoms with Gasteiger partial charge >= 0.3 is 7.80 Å². The van der Waals surface area contributed by atoms with Crippen LogP contribution in [0.2, 0.25) is 0 Å². The highest BCUT2D eigenvalue weighted by atomic mass is 31.1. The molecule has 0 N–H and O–H groups in total. The normalized spacial score (nSPS) is 33.4. The number of hydrogen-bond donors (Lipinski definition) is 0. The van der Waals surface area contributed by atoms with Crippen molar-refractivity contribution in [3.63, 3.8) is 0 Å². The molecular formula is C53H41NOP+. The van der Waals surface area contributed by atoms with Crippen molar-refractivity contribution in [1.82, 2.24) is 4.57 Å². The molecule has 4 aromatic rings. The summed E-state index contributed by atoms with van der Waals surface area (Å²) in [7, 11) is -1.77. The first-order chi connectivity index (χ1) is 27.7. The van der Waals surface area contributed by atoms with E-state index >= 15 is 4.57 Å². The van der Waals surface area contributed by atoms with Gasteiger partial charge in [-0.3, -0.25) is 0 Å². The van der Waals surface area contributed by atoms with Gasteiger partial charge < -0.3 is 4.57 Å². The average Bonchev–Trinajstić information content (AvgIpc) is 3.87. The van der Waals surface area contributed by atoms with E-state index in [1.165, 1.54) is 66.7 Å². The molecule has 2 nitrogen and oxygen atoms in total. The van der Waals surface area contributed by atoms with Gasteiger partial charge in [0.15, 0.2) is 11.0 Å². The number of para-hydroxylation sites is 1. The van der Waals surface area contributed by atoms with Crippen molar-refractivity contribution < 1.29 is 4.57 Å². The molecule has 3 aromatic carbocycles. The van der Waals surface area contributed by atoms with Crippen LogP contribution >= 0.6 is 7.80 Å². The maximum atomic E-state index is 15.8. The van der Waals surface area contributed by atoms with Crippen LogP contribution < -0.4 is 5.30 Å². The zero-order chi connectivity index (χ0) is 36.7. The minimum absolute atomic E-state index is 0.0705. The van der Waals surface area contributed by atoms with E-state index in [2.05, 4.69) is 181 Å². The van der Waals surface area contributed by atoms with Crippen LogP contribution in [-0.2, 0) is 16.4 Å². The highest BCUT2D eigenvalue weighted by Crippen LogP contribution is 2.69. The minimum atomic E-state index is -1.77. The molecule has 56 heavy (non-hydrogen) atoms. The summed E-state index contributed by atoms with van der Waals surface area (Å²) in [4.78, 5) is 0. The molecule has 0 bridgehead atoms. The predicted octanol–water partition coefficient (Wildman–Crippen LogP) is 11.8. The molecule has 13 rings (SSSR count). The molecule has 10 atom stereocenters. The SMILES string of the molecule is O=[P+]1c2c(ccc3c2C2C(C4=CC=CC5C=CC=CC45)=CC=CC2C32c3cccc4c5c(n(c34)C3C=CC=CC32)C=CCC5)C2C=CC=C(c3ccccc3)C21. The maximum absolute atomic E-state index is 15.8. The standard InChI is InChI=1S/C53H41NOP/c55-56-51-35(33-14-2-1-3-15-33)20-11-24-40(51)41-30-31-44-49(52(41)56)48-38(36-21-10-17-32-16-4-5-18-34(32)36)22-12-26-43(48)53(44)42-25-7-9-29-47(42)54-46-28-8-6-19-37(46)39-23-13-27-45(53)50(39)54/h1-5,7-18,20-32,34,40,42-43,47-48,51H,6,19H2/q+1. The van der Waals surface area contributed by atoms with Gasteiger partial charge in [-0.15, -0.1) is 0 Å². The summed E-state index contributed by atoms with van der Waals surface area (Å²) < 4.78 is 18.5. The van der Waals surface area contributed by atoms with E-state index in [4.69, 9.17) is 0 Å². The fraction of sp³-hybridized carbons (Fsp3) is 0.208. The van der Waals surface area contributed by atoms with Crippen molar-refractivity contribution in [3.05, 3.63) is 220 Å². The molecule has 10 unspecified atom stereocenters. The van der Waals surface area contributed by atoms with Gasteiger partial charge in [-0.25, -0.2) is 0 Å². The van der Waals surface area contributed by atoms with E-state index in [0.717, 1.165) is 18.1 Å². The highest BCUT2D eigenvalue weighted by Gasteiger charge is 2.65. The van der Waals surface area contributed by atoms with Crippen LogP contribution in [0.1, 0.15) is 63.4 Å². The second kappa shape index (κ2) is 11.5. The van der Waals surface area contributed by atoms with Crippen molar-refractivity contribution in [2.24, 2.45) is 23.7 Å². The second-order valence-electron chi connectivity index (χ2n) is 17.1. The van der Waals surface area contributed by atoms with Crippen molar-refractivity contribution in [1.29, 1.82) is 0 Å². The van der Waals surface area contributed by atoms with Crippen molar-refractivity contribution in [2.75, 3.05) is 0 Å². The third-order valence-corrected chi connectivity index (χ3v) is 16.9. The monoisotopic (exact) mass is 738 g/mol.